The van der Waals surface area contributed by atoms with Crippen LogP contribution in [0.15, 0.2) is 84.9 Å². The molecule has 0 aromatic heterocycles. The van der Waals surface area contributed by atoms with Crippen molar-refractivity contribution in [3.63, 3.8) is 0 Å². The molecule has 0 aliphatic carbocycles. The summed E-state index contributed by atoms with van der Waals surface area (Å²) in [4.78, 5) is 0. The van der Waals surface area contributed by atoms with E-state index in [-0.39, 0.29) is 24.7 Å². The van der Waals surface area contributed by atoms with Gasteiger partial charge in [0.1, 0.15) is 11.9 Å². The highest BCUT2D eigenvalue weighted by Crippen LogP contribution is 2.26. The van der Waals surface area contributed by atoms with Crippen LogP contribution in [0.5, 0.6) is 5.75 Å². The SMILES string of the molecule is Cc1ccc(C[C@@H](CCO)[C@@H](Oc2ccccc2)[C@H](C)OCc2ccccc2)cc1. The van der Waals surface area contributed by atoms with E-state index in [0.717, 1.165) is 17.7 Å². The molecular weight excluding hydrogens is 372 g/mol. The van der Waals surface area contributed by atoms with E-state index in [1.807, 2.05) is 48.5 Å². The van der Waals surface area contributed by atoms with Crippen molar-refractivity contribution in [2.24, 2.45) is 5.92 Å². The van der Waals surface area contributed by atoms with E-state index in [1.165, 1.54) is 11.1 Å². The maximum absolute atomic E-state index is 9.77. The predicted octanol–water partition coefficient (Wildman–Crippen LogP) is 5.59. The molecule has 3 nitrogen and oxygen atoms in total. The Hall–Kier alpha value is -2.62. The molecule has 30 heavy (non-hydrogen) atoms. The molecule has 0 saturated heterocycles. The van der Waals surface area contributed by atoms with Gasteiger partial charge in [-0.15, -0.1) is 0 Å². The van der Waals surface area contributed by atoms with Gasteiger partial charge in [0.05, 0.1) is 12.7 Å². The van der Waals surface area contributed by atoms with E-state index < -0.39 is 0 Å². The van der Waals surface area contributed by atoms with Crippen LogP contribution in [0.2, 0.25) is 0 Å². The van der Waals surface area contributed by atoms with Gasteiger partial charge in [0.15, 0.2) is 0 Å². The molecule has 0 heterocycles. The van der Waals surface area contributed by atoms with Crippen LogP contribution in [0, 0.1) is 12.8 Å². The fraction of sp³-hybridized carbons (Fsp3) is 0.333. The van der Waals surface area contributed by atoms with Crippen LogP contribution < -0.4 is 4.74 Å². The number of hydrogen-bond donors (Lipinski definition) is 1. The Morgan fingerprint density at radius 3 is 2.07 bits per heavy atom. The minimum atomic E-state index is -0.176. The summed E-state index contributed by atoms with van der Waals surface area (Å²) in [6.45, 7) is 4.81. The van der Waals surface area contributed by atoms with Gasteiger partial charge in [-0.2, -0.15) is 0 Å². The molecule has 3 heteroatoms. The molecule has 158 valence electrons. The average Bonchev–Trinajstić information content (AvgIpc) is 2.78. The summed E-state index contributed by atoms with van der Waals surface area (Å²) in [5.74, 6) is 0.952. The zero-order valence-corrected chi connectivity index (χ0v) is 17.9. The summed E-state index contributed by atoms with van der Waals surface area (Å²) >= 11 is 0. The third-order valence-electron chi connectivity index (χ3n) is 5.42. The Bertz CT molecular complexity index is 846. The lowest BCUT2D eigenvalue weighted by atomic mass is 9.88. The first-order valence-electron chi connectivity index (χ1n) is 10.7. The zero-order valence-electron chi connectivity index (χ0n) is 17.9. The normalized spacial score (nSPS) is 14.1. The number of benzene rings is 3. The molecule has 0 amide bonds. The van der Waals surface area contributed by atoms with Gasteiger partial charge in [-0.1, -0.05) is 78.4 Å². The smallest absolute Gasteiger partial charge is 0.128 e. The minimum absolute atomic E-state index is 0.122. The van der Waals surface area contributed by atoms with Gasteiger partial charge in [-0.05, 0) is 49.9 Å². The van der Waals surface area contributed by atoms with Crippen molar-refractivity contribution >= 4 is 0 Å². The van der Waals surface area contributed by atoms with Crippen LogP contribution >= 0.6 is 0 Å². The quantitative estimate of drug-likeness (QED) is 0.453. The second-order valence-corrected chi connectivity index (χ2v) is 7.86. The monoisotopic (exact) mass is 404 g/mol. The molecule has 0 unspecified atom stereocenters. The number of aliphatic hydroxyl groups is 1. The molecule has 3 aromatic rings. The molecule has 3 atom stereocenters. The topological polar surface area (TPSA) is 38.7 Å². The van der Waals surface area contributed by atoms with Gasteiger partial charge in [-0.3, -0.25) is 0 Å². The lowest BCUT2D eigenvalue weighted by Crippen LogP contribution is -2.40. The van der Waals surface area contributed by atoms with E-state index >= 15 is 0 Å². The fourth-order valence-corrected chi connectivity index (χ4v) is 3.70. The molecule has 0 radical (unpaired) electrons. The van der Waals surface area contributed by atoms with Crippen LogP contribution in [0.1, 0.15) is 30.0 Å². The number of aliphatic hydroxyl groups excluding tert-OH is 1. The molecule has 0 saturated carbocycles. The summed E-state index contributed by atoms with van der Waals surface area (Å²) < 4.78 is 12.7. The van der Waals surface area contributed by atoms with Gasteiger partial charge in [-0.25, -0.2) is 0 Å². The highest BCUT2D eigenvalue weighted by atomic mass is 16.5. The molecule has 0 bridgehead atoms. The van der Waals surface area contributed by atoms with Crippen molar-refractivity contribution in [1.82, 2.24) is 0 Å². The molecule has 0 fully saturated rings. The second kappa shape index (κ2) is 11.5. The molecule has 3 aromatic carbocycles. The number of hydrogen-bond acceptors (Lipinski definition) is 3. The first-order chi connectivity index (χ1) is 14.7. The third kappa shape index (κ3) is 6.72. The Morgan fingerprint density at radius 2 is 1.43 bits per heavy atom. The van der Waals surface area contributed by atoms with E-state index in [0.29, 0.717) is 13.0 Å². The first kappa shape index (κ1) is 22.1. The second-order valence-electron chi connectivity index (χ2n) is 7.86. The lowest BCUT2D eigenvalue weighted by molar-refractivity contribution is -0.0507. The van der Waals surface area contributed by atoms with Crippen LogP contribution in [0.25, 0.3) is 0 Å². The number of para-hydroxylation sites is 1. The lowest BCUT2D eigenvalue weighted by Gasteiger charge is -2.32. The maximum Gasteiger partial charge on any atom is 0.128 e. The Morgan fingerprint density at radius 1 is 0.800 bits per heavy atom. The summed E-state index contributed by atoms with van der Waals surface area (Å²) in [6.07, 6.45) is 1.18. The van der Waals surface area contributed by atoms with Crippen molar-refractivity contribution in [1.29, 1.82) is 0 Å². The Kier molecular flexibility index (Phi) is 8.49. The average molecular weight is 405 g/mol. The van der Waals surface area contributed by atoms with Crippen molar-refractivity contribution in [2.75, 3.05) is 6.61 Å². The summed E-state index contributed by atoms with van der Waals surface area (Å²) in [7, 11) is 0. The van der Waals surface area contributed by atoms with Crippen molar-refractivity contribution in [3.05, 3.63) is 102 Å². The molecule has 0 aliphatic rings. The number of rotatable bonds is 11. The van der Waals surface area contributed by atoms with Crippen molar-refractivity contribution in [2.45, 2.75) is 45.5 Å². The van der Waals surface area contributed by atoms with Gasteiger partial charge >= 0.3 is 0 Å². The van der Waals surface area contributed by atoms with E-state index in [9.17, 15) is 5.11 Å². The van der Waals surface area contributed by atoms with Gasteiger partial charge in [0, 0.05) is 12.5 Å². The molecular formula is C27H32O3. The van der Waals surface area contributed by atoms with E-state index in [2.05, 4.69) is 50.2 Å². The third-order valence-corrected chi connectivity index (χ3v) is 5.42. The highest BCUT2D eigenvalue weighted by Gasteiger charge is 2.29. The largest absolute Gasteiger partial charge is 0.487 e. The summed E-state index contributed by atoms with van der Waals surface area (Å²) in [5, 5.41) is 9.77. The minimum Gasteiger partial charge on any atom is -0.487 e. The van der Waals surface area contributed by atoms with E-state index in [4.69, 9.17) is 9.47 Å². The van der Waals surface area contributed by atoms with Gasteiger partial charge < -0.3 is 14.6 Å². The molecule has 1 N–H and O–H groups in total. The van der Waals surface area contributed by atoms with Gasteiger partial charge in [0.2, 0.25) is 0 Å². The zero-order chi connectivity index (χ0) is 21.2. The van der Waals surface area contributed by atoms with Gasteiger partial charge in [0.25, 0.3) is 0 Å². The number of aryl methyl sites for hydroxylation is 1. The molecule has 0 spiro atoms. The van der Waals surface area contributed by atoms with Crippen LogP contribution in [0.3, 0.4) is 0 Å². The van der Waals surface area contributed by atoms with Crippen molar-refractivity contribution < 1.29 is 14.6 Å². The Balaban J connectivity index is 1.78. The van der Waals surface area contributed by atoms with Crippen LogP contribution in [-0.2, 0) is 17.8 Å². The van der Waals surface area contributed by atoms with Crippen molar-refractivity contribution in [3.8, 4) is 5.75 Å². The number of ether oxygens (including phenoxy) is 2. The van der Waals surface area contributed by atoms with Crippen LogP contribution in [0.4, 0.5) is 0 Å². The molecule has 0 aliphatic heterocycles. The molecule has 3 rings (SSSR count). The summed E-state index contributed by atoms with van der Waals surface area (Å²) in [5.41, 5.74) is 3.63. The Labute approximate surface area is 180 Å². The predicted molar refractivity (Wildman–Crippen MR) is 122 cm³/mol. The fourth-order valence-electron chi connectivity index (χ4n) is 3.70. The maximum atomic E-state index is 9.77. The highest BCUT2D eigenvalue weighted by molar-refractivity contribution is 5.23. The van der Waals surface area contributed by atoms with Crippen LogP contribution in [-0.4, -0.2) is 23.9 Å². The van der Waals surface area contributed by atoms with E-state index in [1.54, 1.807) is 0 Å². The first-order valence-corrected chi connectivity index (χ1v) is 10.7. The summed E-state index contributed by atoms with van der Waals surface area (Å²) in [6, 6.07) is 28.6. The standard InChI is InChI=1S/C27H32O3/c1-21-13-15-23(16-14-21)19-25(17-18-28)27(30-26-11-7-4-8-12-26)22(2)29-20-24-9-5-3-6-10-24/h3-16,22,25,27-28H,17-20H2,1-2H3/t22-,25+,27-/m0/s1.